The first-order chi connectivity index (χ1) is 24.5. The molecular formula is C47H40N2O. The quantitative estimate of drug-likeness (QED) is 0.139. The van der Waals surface area contributed by atoms with Crippen LogP contribution in [0.4, 0.5) is 5.69 Å². The Morgan fingerprint density at radius 3 is 1.92 bits per heavy atom. The van der Waals surface area contributed by atoms with Crippen molar-refractivity contribution in [1.29, 1.82) is 0 Å². The lowest BCUT2D eigenvalue weighted by Gasteiger charge is -2.12. The number of nitrogen functional groups attached to an aromatic ring is 1. The second kappa shape index (κ2) is 14.5. The summed E-state index contributed by atoms with van der Waals surface area (Å²) in [5.41, 5.74) is 27.0. The number of benzene rings is 7. The molecule has 0 bridgehead atoms. The molecule has 1 atom stereocenters. The molecule has 50 heavy (non-hydrogen) atoms. The van der Waals surface area contributed by atoms with Crippen molar-refractivity contribution in [3.05, 3.63) is 198 Å². The van der Waals surface area contributed by atoms with Gasteiger partial charge in [-0.2, -0.15) is 0 Å². The van der Waals surface area contributed by atoms with Crippen molar-refractivity contribution in [2.24, 2.45) is 5.73 Å². The SMILES string of the molecule is C/C(=C\c1c(N)cccc1-c1ccc(C)cc1)c1ccc(-c2ccccc2)cc1.NC(c1ccccc1)c1cccc2c1oc1ccccc12. The van der Waals surface area contributed by atoms with Crippen molar-refractivity contribution in [2.75, 3.05) is 5.73 Å². The highest BCUT2D eigenvalue weighted by Crippen LogP contribution is 2.35. The number of nitrogens with two attached hydrogens (primary N) is 2. The number of para-hydroxylation sites is 2. The number of furan rings is 1. The van der Waals surface area contributed by atoms with E-state index in [1.807, 2.05) is 78.9 Å². The van der Waals surface area contributed by atoms with Gasteiger partial charge in [0.05, 0.1) is 6.04 Å². The van der Waals surface area contributed by atoms with Gasteiger partial charge in [-0.15, -0.1) is 0 Å². The Bertz CT molecular complexity index is 2390. The molecule has 7 aromatic carbocycles. The van der Waals surface area contributed by atoms with E-state index in [2.05, 4.69) is 111 Å². The maximum Gasteiger partial charge on any atom is 0.140 e. The second-order valence-corrected chi connectivity index (χ2v) is 12.7. The van der Waals surface area contributed by atoms with E-state index in [1.54, 1.807) is 0 Å². The van der Waals surface area contributed by atoms with Gasteiger partial charge in [-0.05, 0) is 71.0 Å². The number of allylic oxidation sites excluding steroid dienone is 1. The molecule has 4 N–H and O–H groups in total. The zero-order valence-electron chi connectivity index (χ0n) is 28.4. The molecule has 3 nitrogen and oxygen atoms in total. The minimum Gasteiger partial charge on any atom is -0.456 e. The van der Waals surface area contributed by atoms with Gasteiger partial charge in [-0.3, -0.25) is 0 Å². The van der Waals surface area contributed by atoms with Crippen LogP contribution >= 0.6 is 0 Å². The van der Waals surface area contributed by atoms with Crippen LogP contribution in [0.1, 0.15) is 40.8 Å². The number of hydrogen-bond acceptors (Lipinski definition) is 3. The van der Waals surface area contributed by atoms with Crippen LogP contribution < -0.4 is 11.5 Å². The van der Waals surface area contributed by atoms with Gasteiger partial charge in [0.15, 0.2) is 0 Å². The maximum absolute atomic E-state index is 6.44. The maximum atomic E-state index is 6.44. The minimum absolute atomic E-state index is 0.185. The van der Waals surface area contributed by atoms with E-state index in [9.17, 15) is 0 Å². The summed E-state index contributed by atoms with van der Waals surface area (Å²) in [4.78, 5) is 0. The summed E-state index contributed by atoms with van der Waals surface area (Å²) in [7, 11) is 0. The molecule has 0 aliphatic heterocycles. The van der Waals surface area contributed by atoms with E-state index >= 15 is 0 Å². The molecule has 1 heterocycles. The summed E-state index contributed by atoms with van der Waals surface area (Å²) < 4.78 is 6.05. The fraction of sp³-hybridized carbons (Fsp3) is 0.0638. The lowest BCUT2D eigenvalue weighted by Crippen LogP contribution is -2.11. The monoisotopic (exact) mass is 648 g/mol. The molecule has 0 saturated heterocycles. The summed E-state index contributed by atoms with van der Waals surface area (Å²) in [6.45, 7) is 4.25. The lowest BCUT2D eigenvalue weighted by atomic mass is 9.94. The van der Waals surface area contributed by atoms with Gasteiger partial charge in [0, 0.05) is 27.6 Å². The Hall–Kier alpha value is -6.16. The summed E-state index contributed by atoms with van der Waals surface area (Å²) in [6, 6.07) is 58.1. The highest BCUT2D eigenvalue weighted by Gasteiger charge is 2.16. The molecule has 8 aromatic rings. The van der Waals surface area contributed by atoms with Crippen molar-refractivity contribution < 1.29 is 4.42 Å². The largest absolute Gasteiger partial charge is 0.456 e. The van der Waals surface area contributed by atoms with Crippen molar-refractivity contribution in [1.82, 2.24) is 0 Å². The van der Waals surface area contributed by atoms with Crippen LogP contribution in [-0.4, -0.2) is 0 Å². The van der Waals surface area contributed by atoms with Gasteiger partial charge in [0.2, 0.25) is 0 Å². The predicted octanol–water partition coefficient (Wildman–Crippen LogP) is 12.1. The molecule has 1 unspecified atom stereocenters. The Morgan fingerprint density at radius 2 is 1.18 bits per heavy atom. The molecule has 0 fully saturated rings. The summed E-state index contributed by atoms with van der Waals surface area (Å²) in [6.07, 6.45) is 2.20. The van der Waals surface area contributed by atoms with Crippen LogP contribution in [0, 0.1) is 6.92 Å². The summed E-state index contributed by atoms with van der Waals surface area (Å²) in [5.74, 6) is 0. The van der Waals surface area contributed by atoms with E-state index in [-0.39, 0.29) is 6.04 Å². The van der Waals surface area contributed by atoms with Crippen LogP contribution in [0.3, 0.4) is 0 Å². The van der Waals surface area contributed by atoms with Crippen molar-refractivity contribution >= 4 is 39.3 Å². The van der Waals surface area contributed by atoms with Gasteiger partial charge in [0.25, 0.3) is 0 Å². The normalized spacial score (nSPS) is 12.0. The van der Waals surface area contributed by atoms with Gasteiger partial charge in [-0.25, -0.2) is 0 Å². The number of anilines is 1. The van der Waals surface area contributed by atoms with Gasteiger partial charge in [0.1, 0.15) is 11.2 Å². The number of hydrogen-bond donors (Lipinski definition) is 2. The molecule has 244 valence electrons. The summed E-state index contributed by atoms with van der Waals surface area (Å²) >= 11 is 0. The Kier molecular flexibility index (Phi) is 9.41. The lowest BCUT2D eigenvalue weighted by molar-refractivity contribution is 0.657. The first-order valence-corrected chi connectivity index (χ1v) is 17.0. The standard InChI is InChI=1S/C28H25N.C19H15NO/c1-20-11-13-25(14-12-20)26-9-6-10-28(29)27(26)19-21(2)22-15-17-24(18-16-22)23-7-4-3-5-8-23;20-18(13-7-2-1-3-8-13)16-11-6-10-15-14-9-4-5-12-17(14)21-19(15)16/h3-19H,29H2,1-2H3;1-12,18H,20H2/b21-19+;. The van der Waals surface area contributed by atoms with E-state index < -0.39 is 0 Å². The Labute approximate surface area is 294 Å². The Balaban J connectivity index is 0.000000165. The molecule has 0 saturated carbocycles. The molecule has 0 amide bonds. The number of fused-ring (bicyclic) bond motifs is 3. The third-order valence-electron chi connectivity index (χ3n) is 9.24. The molecule has 0 aliphatic rings. The third-order valence-corrected chi connectivity index (χ3v) is 9.24. The predicted molar refractivity (Wildman–Crippen MR) is 213 cm³/mol. The highest BCUT2D eigenvalue weighted by atomic mass is 16.3. The average molecular weight is 649 g/mol. The van der Waals surface area contributed by atoms with Crippen LogP contribution in [0.15, 0.2) is 174 Å². The molecule has 8 rings (SSSR count). The van der Waals surface area contributed by atoms with Crippen molar-refractivity contribution in [3.63, 3.8) is 0 Å². The molecule has 0 spiro atoms. The fourth-order valence-electron chi connectivity index (χ4n) is 6.44. The van der Waals surface area contributed by atoms with Crippen LogP contribution in [-0.2, 0) is 0 Å². The molecular weight excluding hydrogens is 609 g/mol. The molecule has 1 aromatic heterocycles. The molecule has 0 radical (unpaired) electrons. The van der Waals surface area contributed by atoms with Crippen LogP contribution in [0.5, 0.6) is 0 Å². The van der Waals surface area contributed by atoms with E-state index in [0.29, 0.717) is 0 Å². The van der Waals surface area contributed by atoms with Crippen LogP contribution in [0.25, 0.3) is 55.8 Å². The van der Waals surface area contributed by atoms with E-state index in [1.165, 1.54) is 33.4 Å². The smallest absolute Gasteiger partial charge is 0.140 e. The molecule has 3 heteroatoms. The molecule has 0 aliphatic carbocycles. The van der Waals surface area contributed by atoms with Crippen molar-refractivity contribution in [3.8, 4) is 22.3 Å². The topological polar surface area (TPSA) is 65.2 Å². The Morgan fingerprint density at radius 1 is 0.580 bits per heavy atom. The van der Waals surface area contributed by atoms with E-state index in [4.69, 9.17) is 15.9 Å². The average Bonchev–Trinajstić information content (AvgIpc) is 3.56. The van der Waals surface area contributed by atoms with Gasteiger partial charge >= 0.3 is 0 Å². The minimum atomic E-state index is -0.185. The number of rotatable bonds is 6. The van der Waals surface area contributed by atoms with Gasteiger partial charge < -0.3 is 15.9 Å². The fourth-order valence-corrected chi connectivity index (χ4v) is 6.44. The number of aryl methyl sites for hydroxylation is 1. The van der Waals surface area contributed by atoms with E-state index in [0.717, 1.165) is 49.9 Å². The second-order valence-electron chi connectivity index (χ2n) is 12.7. The highest BCUT2D eigenvalue weighted by molar-refractivity contribution is 6.06. The van der Waals surface area contributed by atoms with Crippen LogP contribution in [0.2, 0.25) is 0 Å². The first-order valence-electron chi connectivity index (χ1n) is 17.0. The van der Waals surface area contributed by atoms with Crippen molar-refractivity contribution in [2.45, 2.75) is 19.9 Å². The first kappa shape index (κ1) is 32.4. The summed E-state index contributed by atoms with van der Waals surface area (Å²) in [5, 5.41) is 2.25. The third kappa shape index (κ3) is 6.86. The van der Waals surface area contributed by atoms with Gasteiger partial charge in [-0.1, -0.05) is 163 Å². The zero-order valence-corrected chi connectivity index (χ0v) is 28.4. The zero-order chi connectivity index (χ0) is 34.5.